The van der Waals surface area contributed by atoms with E-state index in [1.807, 2.05) is 60.5 Å². The van der Waals surface area contributed by atoms with E-state index in [4.69, 9.17) is 73.2 Å². The van der Waals surface area contributed by atoms with Crippen molar-refractivity contribution in [3.8, 4) is 63.6 Å². The molecule has 1 amide bonds. The van der Waals surface area contributed by atoms with Crippen LogP contribution in [0, 0.1) is 52.9 Å². The molecule has 0 aliphatic carbocycles. The van der Waals surface area contributed by atoms with E-state index in [1.54, 1.807) is 202 Å². The summed E-state index contributed by atoms with van der Waals surface area (Å²) in [6.07, 6.45) is 1.59. The van der Waals surface area contributed by atoms with Crippen molar-refractivity contribution in [1.29, 1.82) is 5.26 Å². The molecule has 2 saturated heterocycles. The van der Waals surface area contributed by atoms with Crippen molar-refractivity contribution in [2.24, 2.45) is 0 Å². The van der Waals surface area contributed by atoms with Gasteiger partial charge >= 0.3 is 0 Å². The van der Waals surface area contributed by atoms with Gasteiger partial charge in [0.05, 0.1) is 98.2 Å². The smallest absolute Gasteiger partial charge is 0.241 e. The summed E-state index contributed by atoms with van der Waals surface area (Å²) in [5.41, 5.74) is 10.2. The third-order valence-electron chi connectivity index (χ3n) is 18.2. The molecule has 6 N–H and O–H groups in total. The van der Waals surface area contributed by atoms with Gasteiger partial charge in [-0.3, -0.25) is 19.5 Å². The van der Waals surface area contributed by atoms with E-state index < -0.39 is 36.3 Å². The number of aromatic hydroxyl groups is 4. The number of nitrogens with zero attached hydrogens (tertiary/aromatic N) is 5. The van der Waals surface area contributed by atoms with E-state index in [2.05, 4.69) is 15.9 Å². The number of methoxy groups -OCH3 is 6. The van der Waals surface area contributed by atoms with E-state index in [-0.39, 0.29) is 60.2 Å². The van der Waals surface area contributed by atoms with Crippen molar-refractivity contribution in [2.45, 2.75) is 122 Å². The molecular weight excluding hydrogens is 1800 g/mol. The minimum atomic E-state index is -0.692. The lowest BCUT2D eigenvalue weighted by Gasteiger charge is -2.59. The van der Waals surface area contributed by atoms with E-state index in [9.17, 15) is 40.7 Å². The summed E-state index contributed by atoms with van der Waals surface area (Å²) in [5, 5.41) is 77.3. The number of likely N-dealkylation sites (N-methyl/N-ethyl adjacent to an activating group) is 2. The van der Waals surface area contributed by atoms with E-state index in [0.717, 1.165) is 33.4 Å². The molecule has 6 aliphatic heterocycles. The number of rotatable bonds is 8. The first-order chi connectivity index (χ1) is 48.1. The van der Waals surface area contributed by atoms with Crippen LogP contribution in [0.4, 0.5) is 0 Å². The number of nitriles is 1. The number of phenols is 4. The molecule has 4 aromatic carbocycles. The Bertz CT molecular complexity index is 4980. The molecule has 9 atom stereocenters. The van der Waals surface area contributed by atoms with Crippen molar-refractivity contribution in [3.63, 3.8) is 0 Å². The zero-order chi connectivity index (χ0) is 73.4. The minimum absolute atomic E-state index is 0.0311. The predicted molar refractivity (Wildman–Crippen MR) is 468 cm³/mol. The molecule has 0 saturated carbocycles. The maximum absolute atomic E-state index is 14.0. The van der Waals surface area contributed by atoms with Crippen molar-refractivity contribution < 1.29 is 63.9 Å². The van der Waals surface area contributed by atoms with Gasteiger partial charge in [0, 0.05) is 323 Å². The highest BCUT2D eigenvalue weighted by atomic mass is 33.5. The first kappa shape index (κ1) is 86.8. The van der Waals surface area contributed by atoms with Crippen LogP contribution in [0.25, 0.3) is 0 Å². The number of piperazine rings is 2. The fourth-order valence-corrected chi connectivity index (χ4v) is 66.5. The average molecular weight is 1870 g/mol. The molecule has 6 aliphatic rings. The van der Waals surface area contributed by atoms with Gasteiger partial charge in [0.25, 0.3) is 0 Å². The van der Waals surface area contributed by atoms with Gasteiger partial charge in [-0.05, 0) is 97.2 Å². The van der Waals surface area contributed by atoms with Gasteiger partial charge in [0.2, 0.25) is 5.91 Å². The lowest BCUT2D eigenvalue weighted by atomic mass is 9.71. The Morgan fingerprint density at radius 1 is 0.410 bits per heavy atom. The first-order valence-corrected chi connectivity index (χ1v) is 62.2. The second-order valence-corrected chi connectivity index (χ2v) is 62.6. The molecule has 0 unspecified atom stereocenters. The van der Waals surface area contributed by atoms with Crippen molar-refractivity contribution in [3.05, 3.63) is 77.9 Å². The third kappa shape index (κ3) is 18.4. The number of aliphatic hydroxyl groups is 2. The molecule has 4 aromatic rings. The lowest BCUT2D eigenvalue weighted by molar-refractivity contribution is -0.158. The van der Waals surface area contributed by atoms with Gasteiger partial charge in [-0.1, -0.05) is 0 Å². The summed E-state index contributed by atoms with van der Waals surface area (Å²) in [7, 11) is 51.2. The molecule has 10 rings (SSSR count). The quantitative estimate of drug-likeness (QED) is 0.133. The average Bonchev–Trinajstić information content (AvgIpc) is 0.705. The molecule has 0 aromatic heterocycles. The number of carbonyl (C=O) groups excluding carboxylic acids is 1. The fourth-order valence-electron chi connectivity index (χ4n) is 14.4. The molecule has 45 heteroatoms. The Hall–Kier alpha value is -0.420. The van der Waals surface area contributed by atoms with Crippen LogP contribution in [-0.4, -0.2) is 156 Å². The second-order valence-electron chi connectivity index (χ2n) is 21.9. The van der Waals surface area contributed by atoms with Crippen molar-refractivity contribution in [2.75, 3.05) is 70.0 Å². The van der Waals surface area contributed by atoms with Crippen LogP contribution in [0.2, 0.25) is 0 Å². The number of hydrogen-bond acceptors (Lipinski definition) is 21. The Morgan fingerprint density at radius 3 is 1.09 bits per heavy atom. The van der Waals surface area contributed by atoms with Crippen LogP contribution in [0.15, 0.2) is 0 Å². The van der Waals surface area contributed by atoms with Crippen LogP contribution in [0.3, 0.4) is 0 Å². The number of fused-ring (bicyclic) bond motifs is 14. The third-order valence-corrected chi connectivity index (χ3v) is 64.9. The standard InChI is InChI=1S/C28H35N3O6.C27H34N2O7.S14.S13/c1-12-13(2)27(36-6)21-15(24(12)33)8-18-23-22-16(26(35-5)14(3)28(37-7)25(22)34)9-17(30(23)4)19(10-29)31(18)20(21)11-32;1-11-12(2)25(35-6)19-14(22(11)31)8-16-21-20-15(24(34-5)13(3)26(36-7)23(20)32)9-17(28(21)4)27(33)29(16)18(19)10-30;1-3-5-7-9-11-13-14-12-10-8-6-4-2;1-3-5-7-9-11-13-12-10-8-6-4-2/h17-20,23,32-34H,8-9,11H2,1-7H3;16-18,21,30-32H,8-10H2,1-7H3;;/t17-,18-,19-,20-,23-;16-,17+,18-,21-;;/m00../s1. The fraction of sp³-hybridized carbons (Fsp3) is 0.527. The molecule has 18 nitrogen and oxygen atoms in total. The number of amides is 1. The number of aliphatic hydroxyl groups excluding tert-OH is 2. The topological polar surface area (TPSA) is 231 Å². The molecule has 6 heterocycles. The summed E-state index contributed by atoms with van der Waals surface area (Å²) >= 11 is 18.8. The summed E-state index contributed by atoms with van der Waals surface area (Å²) < 4.78 is 34.3. The minimum Gasteiger partial charge on any atom is -0.507 e. The second kappa shape index (κ2) is 42.0. The van der Waals surface area contributed by atoms with Gasteiger partial charge < -0.3 is 64.0 Å². The largest absolute Gasteiger partial charge is 0.507 e. The molecule has 0 radical (unpaired) electrons. The molecule has 2 fully saturated rings. The zero-order valence-corrected chi connectivity index (χ0v) is 77.3. The maximum Gasteiger partial charge on any atom is 0.241 e. The maximum atomic E-state index is 14.0. The molecule has 0 spiro atoms. The Kier molecular flexibility index (Phi) is 36.4. The van der Waals surface area contributed by atoms with Crippen LogP contribution in [0.5, 0.6) is 57.5 Å². The van der Waals surface area contributed by atoms with Gasteiger partial charge in [0.1, 0.15) is 40.5 Å². The Labute approximate surface area is 667 Å². The number of phenolic OH excluding ortho intramolecular Hbond substituents is 4. The highest BCUT2D eigenvalue weighted by molar-refractivity contribution is 8.77. The summed E-state index contributed by atoms with van der Waals surface area (Å²) in [5.74, 6) is 3.50. The number of benzene rings is 4. The van der Waals surface area contributed by atoms with Gasteiger partial charge in [0.15, 0.2) is 23.0 Å². The van der Waals surface area contributed by atoms with Gasteiger partial charge in [-0.15, -0.1) is 0 Å². The van der Waals surface area contributed by atoms with Crippen molar-refractivity contribution in [1.82, 2.24) is 19.6 Å². The van der Waals surface area contributed by atoms with Crippen LogP contribution in [-0.2, 0) is 279 Å². The molecule has 4 bridgehead atoms. The number of ether oxygens (including phenoxy) is 6. The Morgan fingerprint density at radius 2 is 0.740 bits per heavy atom. The number of hydrogen-bond donors (Lipinski definition) is 6. The van der Waals surface area contributed by atoms with Crippen LogP contribution < -0.4 is 28.4 Å². The van der Waals surface area contributed by atoms with Crippen LogP contribution in [0.1, 0.15) is 102 Å². The summed E-state index contributed by atoms with van der Waals surface area (Å²) in [4.78, 5) is 22.0. The van der Waals surface area contributed by atoms with E-state index >= 15 is 0 Å². The van der Waals surface area contributed by atoms with Crippen molar-refractivity contribution >= 4 is 255 Å². The zero-order valence-electron chi connectivity index (χ0n) is 55.2. The highest BCUT2D eigenvalue weighted by Crippen LogP contribution is 2.60. The highest BCUT2D eigenvalue weighted by Gasteiger charge is 2.58. The van der Waals surface area contributed by atoms with E-state index in [1.165, 1.54) is 49.7 Å². The van der Waals surface area contributed by atoms with Crippen LogP contribution >= 0.6 is 0 Å². The molecule has 100 heavy (non-hydrogen) atoms. The predicted octanol–water partition coefficient (Wildman–Crippen LogP) is 5.19. The molecule has 554 valence electrons. The van der Waals surface area contributed by atoms with E-state index in [0.29, 0.717) is 105 Å². The SMILES string of the molecule is COc1c(C)c(OC)c2c(c1O)[C@@H]1[C@@H]3Cc4c(O)c(C)c(C)c(OC)c4[C@H](CO)N3C(=O)[C@@H](C2)N1C.COc1c(C)c(OC)c2c(c1O)[C@@H]1[C@@H]3Cc4c(O)c(C)c(C)c(OC)c4[C@H](CO)N3[C@@H](C#N)[C@H](C2)N1C.S=S=S=S=S=S=S=S=S=S=S=S=S.S=S=S=S=S=S=S=S=S=S=S=S=S=S. The molecular formula is C55H69N5O13S27. The number of carbonyl (C=O) groups is 1. The Balaban J connectivity index is 0.000000207. The lowest BCUT2D eigenvalue weighted by Crippen LogP contribution is -2.68. The summed E-state index contributed by atoms with van der Waals surface area (Å²) in [6, 6.07) is -1.51. The van der Waals surface area contributed by atoms with Gasteiger partial charge in [-0.2, -0.15) is 5.26 Å². The first-order valence-electron chi connectivity index (χ1n) is 28.8. The monoisotopic (exact) mass is 1870 g/mol. The summed E-state index contributed by atoms with van der Waals surface area (Å²) in [6.45, 7) is 10.6. The normalized spacial score (nSPS) is 20.6. The van der Waals surface area contributed by atoms with Gasteiger partial charge in [-0.25, -0.2) is 0 Å².